The molecule has 2 aliphatic heterocycles. The van der Waals surface area contributed by atoms with Crippen molar-refractivity contribution in [2.75, 3.05) is 16.8 Å². The van der Waals surface area contributed by atoms with Crippen molar-refractivity contribution < 1.29 is 4.79 Å². The zero-order valence-electron chi connectivity index (χ0n) is 15.2. The largest absolute Gasteiger partial charge is 0.365 e. The predicted octanol–water partition coefficient (Wildman–Crippen LogP) is 4.58. The quantitative estimate of drug-likeness (QED) is 0.660. The number of benzene rings is 2. The lowest BCUT2D eigenvalue weighted by Crippen LogP contribution is -2.44. The molecule has 0 bridgehead atoms. The van der Waals surface area contributed by atoms with Crippen LogP contribution in [0.4, 0.5) is 11.4 Å². The number of aryl methyl sites for hydroxylation is 1. The highest BCUT2D eigenvalue weighted by molar-refractivity contribution is 7.13. The Bertz CT molecular complexity index is 1050. The smallest absolute Gasteiger partial charge is 0.251 e. The van der Waals surface area contributed by atoms with Gasteiger partial charge in [-0.1, -0.05) is 24.3 Å². The van der Waals surface area contributed by atoms with E-state index in [4.69, 9.17) is 0 Å². The first-order valence-corrected chi connectivity index (χ1v) is 9.87. The third-order valence-corrected chi connectivity index (χ3v) is 6.38. The molecular formula is C22H19N3OS. The van der Waals surface area contributed by atoms with E-state index in [0.717, 1.165) is 22.0 Å². The monoisotopic (exact) mass is 373 g/mol. The van der Waals surface area contributed by atoms with Gasteiger partial charge >= 0.3 is 0 Å². The number of hydrogen-bond donors (Lipinski definition) is 0. The Morgan fingerprint density at radius 1 is 1.07 bits per heavy atom. The maximum Gasteiger partial charge on any atom is 0.251 e. The number of amides is 1. The Morgan fingerprint density at radius 2 is 1.85 bits per heavy atom. The summed E-state index contributed by atoms with van der Waals surface area (Å²) in [4.78, 5) is 21.5. The number of para-hydroxylation sites is 1. The maximum atomic E-state index is 12.8. The Balaban J connectivity index is 1.56. The van der Waals surface area contributed by atoms with Crippen molar-refractivity contribution in [2.24, 2.45) is 0 Å². The summed E-state index contributed by atoms with van der Waals surface area (Å²) in [6.45, 7) is 2.00. The second-order valence-electron chi connectivity index (χ2n) is 7.01. The zero-order chi connectivity index (χ0) is 18.5. The minimum Gasteiger partial charge on any atom is -0.365 e. The molecule has 1 aromatic heterocycles. The van der Waals surface area contributed by atoms with Crippen LogP contribution in [0.1, 0.15) is 17.3 Å². The topological polar surface area (TPSA) is 36.4 Å². The molecule has 0 saturated heterocycles. The summed E-state index contributed by atoms with van der Waals surface area (Å²) in [6.07, 6.45) is 3.72. The van der Waals surface area contributed by atoms with Crippen molar-refractivity contribution in [1.82, 2.24) is 4.98 Å². The van der Waals surface area contributed by atoms with Gasteiger partial charge in [0.05, 0.1) is 12.1 Å². The molecule has 134 valence electrons. The lowest BCUT2D eigenvalue weighted by molar-refractivity contribution is -0.115. The standard InChI is InChI=1S/C22H19N3OS/c1-14-13-27-22(23-14)15-7-9-16(10-8-15)25-20(26)12-11-19-21(25)17-5-3-4-6-18(17)24(19)2/h3-13,19,21H,1-2H3. The van der Waals surface area contributed by atoms with E-state index in [0.29, 0.717) is 0 Å². The van der Waals surface area contributed by atoms with Crippen molar-refractivity contribution in [3.63, 3.8) is 0 Å². The molecule has 2 unspecified atom stereocenters. The van der Waals surface area contributed by atoms with Gasteiger partial charge in [0.25, 0.3) is 5.91 Å². The van der Waals surface area contributed by atoms with Crippen LogP contribution in [-0.4, -0.2) is 24.0 Å². The zero-order valence-corrected chi connectivity index (χ0v) is 16.0. The van der Waals surface area contributed by atoms with Gasteiger partial charge in [-0.2, -0.15) is 0 Å². The maximum absolute atomic E-state index is 12.8. The van der Waals surface area contributed by atoms with Crippen LogP contribution in [0.25, 0.3) is 10.6 Å². The van der Waals surface area contributed by atoms with Gasteiger partial charge in [-0.25, -0.2) is 4.98 Å². The molecular weight excluding hydrogens is 354 g/mol. The van der Waals surface area contributed by atoms with Crippen LogP contribution in [0.15, 0.2) is 66.1 Å². The SMILES string of the molecule is Cc1csc(-c2ccc(N3C(=O)C=CC4C3c3ccccc3N4C)cc2)n1. The van der Waals surface area contributed by atoms with E-state index in [1.54, 1.807) is 17.4 Å². The molecule has 1 amide bonds. The number of aromatic nitrogens is 1. The summed E-state index contributed by atoms with van der Waals surface area (Å²) in [5, 5.41) is 3.06. The van der Waals surface area contributed by atoms with E-state index in [9.17, 15) is 4.79 Å². The fourth-order valence-corrected chi connectivity index (χ4v) is 4.88. The molecule has 2 atom stereocenters. The number of hydrogen-bond acceptors (Lipinski definition) is 4. The second kappa shape index (κ2) is 6.06. The number of rotatable bonds is 2. The third kappa shape index (κ3) is 2.50. The Kier molecular flexibility index (Phi) is 3.65. The Labute approximate surface area is 162 Å². The van der Waals surface area contributed by atoms with Gasteiger partial charge in [-0.3, -0.25) is 9.69 Å². The number of carbonyl (C=O) groups excluding carboxylic acids is 1. The summed E-state index contributed by atoms with van der Waals surface area (Å²) in [7, 11) is 2.09. The molecule has 0 saturated carbocycles. The highest BCUT2D eigenvalue weighted by Gasteiger charge is 2.43. The number of anilines is 2. The van der Waals surface area contributed by atoms with E-state index < -0.39 is 0 Å². The number of nitrogens with zero attached hydrogens (tertiary/aromatic N) is 3. The summed E-state index contributed by atoms with van der Waals surface area (Å²) < 4.78 is 0. The molecule has 5 rings (SSSR count). The number of likely N-dealkylation sites (N-methyl/N-ethyl adjacent to an activating group) is 1. The summed E-state index contributed by atoms with van der Waals surface area (Å²) in [5.41, 5.74) is 5.41. The summed E-state index contributed by atoms with van der Waals surface area (Å²) in [5.74, 6) is 0.0270. The molecule has 0 fully saturated rings. The average Bonchev–Trinajstić information content (AvgIpc) is 3.25. The second-order valence-corrected chi connectivity index (χ2v) is 7.87. The van der Waals surface area contributed by atoms with Gasteiger partial charge in [0.1, 0.15) is 5.01 Å². The van der Waals surface area contributed by atoms with Gasteiger partial charge in [0.15, 0.2) is 0 Å². The van der Waals surface area contributed by atoms with Gasteiger partial charge in [-0.15, -0.1) is 11.3 Å². The first-order chi connectivity index (χ1) is 13.1. The number of fused-ring (bicyclic) bond motifs is 3. The van der Waals surface area contributed by atoms with E-state index in [1.165, 1.54) is 11.3 Å². The Morgan fingerprint density at radius 3 is 2.59 bits per heavy atom. The number of thiazole rings is 1. The number of carbonyl (C=O) groups is 1. The van der Waals surface area contributed by atoms with Crippen molar-refractivity contribution in [1.29, 1.82) is 0 Å². The van der Waals surface area contributed by atoms with Crippen LogP contribution in [0, 0.1) is 6.92 Å². The van der Waals surface area contributed by atoms with E-state index in [1.807, 2.05) is 42.2 Å². The van der Waals surface area contributed by atoms with E-state index in [-0.39, 0.29) is 18.0 Å². The van der Waals surface area contributed by atoms with Crippen LogP contribution in [0.5, 0.6) is 0 Å². The van der Waals surface area contributed by atoms with Crippen LogP contribution in [-0.2, 0) is 4.79 Å². The Hall–Kier alpha value is -2.92. The molecule has 5 heteroatoms. The molecule has 0 aliphatic carbocycles. The third-order valence-electron chi connectivity index (χ3n) is 5.37. The van der Waals surface area contributed by atoms with Gasteiger partial charge in [0.2, 0.25) is 0 Å². The highest BCUT2D eigenvalue weighted by atomic mass is 32.1. The van der Waals surface area contributed by atoms with Gasteiger partial charge in [0, 0.05) is 46.7 Å². The molecule has 3 aromatic rings. The molecule has 0 spiro atoms. The molecule has 3 heterocycles. The lowest BCUT2D eigenvalue weighted by atomic mass is 9.97. The van der Waals surface area contributed by atoms with Gasteiger partial charge in [-0.05, 0) is 37.3 Å². The normalized spacial score (nSPS) is 20.7. The van der Waals surface area contributed by atoms with Crippen molar-refractivity contribution >= 4 is 28.6 Å². The minimum absolute atomic E-state index is 0.00310. The van der Waals surface area contributed by atoms with Crippen LogP contribution >= 0.6 is 11.3 Å². The van der Waals surface area contributed by atoms with E-state index >= 15 is 0 Å². The lowest BCUT2D eigenvalue weighted by Gasteiger charge is -2.36. The van der Waals surface area contributed by atoms with Crippen LogP contribution in [0.2, 0.25) is 0 Å². The summed E-state index contributed by atoms with van der Waals surface area (Å²) in [6, 6.07) is 16.7. The van der Waals surface area contributed by atoms with Crippen molar-refractivity contribution in [3.8, 4) is 10.6 Å². The average molecular weight is 373 g/mol. The van der Waals surface area contributed by atoms with Crippen molar-refractivity contribution in [3.05, 3.63) is 77.3 Å². The van der Waals surface area contributed by atoms with Crippen molar-refractivity contribution in [2.45, 2.75) is 19.0 Å². The summed E-state index contributed by atoms with van der Waals surface area (Å²) >= 11 is 1.64. The van der Waals surface area contributed by atoms with Crippen LogP contribution in [0.3, 0.4) is 0 Å². The molecule has 4 nitrogen and oxygen atoms in total. The molecule has 2 aromatic carbocycles. The van der Waals surface area contributed by atoms with Gasteiger partial charge < -0.3 is 4.90 Å². The van der Waals surface area contributed by atoms with E-state index in [2.05, 4.69) is 46.6 Å². The molecule has 2 aliphatic rings. The first-order valence-electron chi connectivity index (χ1n) is 8.99. The fraction of sp³-hybridized carbons (Fsp3) is 0.182. The highest BCUT2D eigenvalue weighted by Crippen LogP contribution is 2.46. The van der Waals surface area contributed by atoms with Crippen LogP contribution < -0.4 is 9.80 Å². The molecule has 0 N–H and O–H groups in total. The molecule has 27 heavy (non-hydrogen) atoms. The minimum atomic E-state index is -0.00310. The predicted molar refractivity (Wildman–Crippen MR) is 110 cm³/mol. The fourth-order valence-electron chi connectivity index (χ4n) is 4.08. The molecule has 0 radical (unpaired) electrons. The first kappa shape index (κ1) is 16.3.